The molecule has 1 rings (SSSR count). The van der Waals surface area contributed by atoms with Gasteiger partial charge in [0, 0.05) is 5.69 Å². The van der Waals surface area contributed by atoms with Gasteiger partial charge in [-0.25, -0.2) is 4.98 Å². The molecule has 0 N–H and O–H groups in total. The topological polar surface area (TPSA) is 12.9 Å². The van der Waals surface area contributed by atoms with E-state index in [9.17, 15) is 0 Å². The van der Waals surface area contributed by atoms with Gasteiger partial charge in [-0.15, -0.1) is 11.8 Å². The first-order chi connectivity index (χ1) is 4.74. The van der Waals surface area contributed by atoms with Crippen LogP contribution in [-0.4, -0.2) is 19.1 Å². The quantitative estimate of drug-likeness (QED) is 0.424. The number of nitrogens with zero attached hydrogens (tertiary/aromatic N) is 1. The largest absolute Gasteiger partial charge is 0.247 e. The Labute approximate surface area is 66.7 Å². The molecule has 0 aliphatic carbocycles. The molecule has 0 radical (unpaired) electrons. The summed E-state index contributed by atoms with van der Waals surface area (Å²) in [5.74, 6) is 0. The highest BCUT2D eigenvalue weighted by Crippen LogP contribution is 2.08. The van der Waals surface area contributed by atoms with E-state index in [0.29, 0.717) is 0 Å². The summed E-state index contributed by atoms with van der Waals surface area (Å²) in [7, 11) is 2.08. The van der Waals surface area contributed by atoms with Crippen LogP contribution in [0.2, 0.25) is 0 Å². The van der Waals surface area contributed by atoms with Crippen molar-refractivity contribution < 1.29 is 0 Å². The number of aromatic nitrogens is 1. The van der Waals surface area contributed by atoms with Gasteiger partial charge in [0.1, 0.15) is 7.85 Å². The monoisotopic (exact) mass is 151 g/mol. The highest BCUT2D eigenvalue weighted by Gasteiger charge is 1.94. The molecular weight excluding hydrogens is 141 g/mol. The molecule has 0 saturated heterocycles. The van der Waals surface area contributed by atoms with Crippen LogP contribution in [-0.2, 0) is 0 Å². The molecule has 0 atom stereocenters. The van der Waals surface area contributed by atoms with Crippen molar-refractivity contribution in [1.82, 2.24) is 4.98 Å². The minimum Gasteiger partial charge on any atom is -0.247 e. The summed E-state index contributed by atoms with van der Waals surface area (Å²) in [5, 5.41) is 1.10. The first-order valence-electron chi connectivity index (χ1n) is 3.22. The molecule has 0 amide bonds. The molecule has 0 spiro atoms. The molecule has 3 heteroatoms. The fourth-order valence-corrected chi connectivity index (χ4v) is 1.15. The molecule has 0 fully saturated rings. The summed E-state index contributed by atoms with van der Waals surface area (Å²) in [6.45, 7) is 2.04. The van der Waals surface area contributed by atoms with Gasteiger partial charge in [-0.2, -0.15) is 0 Å². The van der Waals surface area contributed by atoms with Crippen molar-refractivity contribution >= 4 is 25.1 Å². The lowest BCUT2D eigenvalue weighted by Crippen LogP contribution is -2.08. The van der Waals surface area contributed by atoms with E-state index in [1.54, 1.807) is 11.8 Å². The molecule has 0 bridgehead atoms. The fourth-order valence-electron chi connectivity index (χ4n) is 0.721. The van der Waals surface area contributed by atoms with Crippen molar-refractivity contribution in [3.8, 4) is 0 Å². The minimum atomic E-state index is 1.10. The van der Waals surface area contributed by atoms with Gasteiger partial charge < -0.3 is 0 Å². The summed E-state index contributed by atoms with van der Waals surface area (Å²) in [4.78, 5) is 4.35. The Bertz CT molecular complexity index is 237. The third-order valence-corrected chi connectivity index (χ3v) is 2.18. The van der Waals surface area contributed by atoms with E-state index in [1.165, 1.54) is 5.46 Å². The normalized spacial score (nSPS) is 9.80. The van der Waals surface area contributed by atoms with Crippen LogP contribution < -0.4 is 5.46 Å². The molecule has 0 unspecified atom stereocenters. The lowest BCUT2D eigenvalue weighted by molar-refractivity contribution is 1.08. The average molecular weight is 151 g/mol. The van der Waals surface area contributed by atoms with Crippen molar-refractivity contribution in [1.29, 1.82) is 0 Å². The molecule has 10 heavy (non-hydrogen) atoms. The number of thioether (sulfide) groups is 1. The number of pyridine rings is 1. The number of hydrogen-bond acceptors (Lipinski definition) is 2. The standard InChI is InChI=1S/C7H10BNS/c1-5-6(8)3-4-7(9-5)10-2/h3-4H,8H2,1-2H3. The second kappa shape index (κ2) is 3.10. The van der Waals surface area contributed by atoms with Crippen molar-refractivity contribution in [2.75, 3.05) is 6.26 Å². The predicted octanol–water partition coefficient (Wildman–Crippen LogP) is 0.370. The Hall–Kier alpha value is -0.435. The highest BCUT2D eigenvalue weighted by molar-refractivity contribution is 7.98. The summed E-state index contributed by atoms with van der Waals surface area (Å²) in [6.07, 6.45) is 2.04. The molecule has 1 aromatic heterocycles. The number of aryl methyl sites for hydroxylation is 1. The predicted molar refractivity (Wildman–Crippen MR) is 48.9 cm³/mol. The fraction of sp³-hybridized carbons (Fsp3) is 0.286. The van der Waals surface area contributed by atoms with Gasteiger partial charge in [0.05, 0.1) is 5.03 Å². The van der Waals surface area contributed by atoms with E-state index in [1.807, 2.05) is 19.2 Å². The Kier molecular flexibility index (Phi) is 2.38. The molecule has 1 aromatic rings. The van der Waals surface area contributed by atoms with Crippen LogP contribution in [0.25, 0.3) is 0 Å². The minimum absolute atomic E-state index is 1.10. The molecule has 0 saturated carbocycles. The van der Waals surface area contributed by atoms with E-state index in [4.69, 9.17) is 0 Å². The van der Waals surface area contributed by atoms with Crippen molar-refractivity contribution in [2.45, 2.75) is 11.9 Å². The van der Waals surface area contributed by atoms with Crippen LogP contribution >= 0.6 is 11.8 Å². The summed E-state index contributed by atoms with van der Waals surface area (Å²) in [5.41, 5.74) is 2.39. The van der Waals surface area contributed by atoms with Gasteiger partial charge in [-0.05, 0) is 19.2 Å². The first-order valence-corrected chi connectivity index (χ1v) is 4.45. The Morgan fingerprint density at radius 2 is 2.20 bits per heavy atom. The van der Waals surface area contributed by atoms with Gasteiger partial charge in [0.25, 0.3) is 0 Å². The maximum absolute atomic E-state index is 4.35. The van der Waals surface area contributed by atoms with E-state index in [0.717, 1.165) is 10.7 Å². The van der Waals surface area contributed by atoms with Crippen LogP contribution in [0.15, 0.2) is 17.2 Å². The Balaban J connectivity index is 3.04. The summed E-state index contributed by atoms with van der Waals surface area (Å²) in [6, 6.07) is 4.15. The Morgan fingerprint density at radius 1 is 1.50 bits per heavy atom. The number of hydrogen-bond donors (Lipinski definition) is 0. The van der Waals surface area contributed by atoms with Crippen LogP contribution in [0, 0.1) is 6.92 Å². The SMILES string of the molecule is Bc1ccc(SC)nc1C. The lowest BCUT2D eigenvalue weighted by Gasteiger charge is -1.99. The smallest absolute Gasteiger partial charge is 0.141 e. The van der Waals surface area contributed by atoms with Crippen molar-refractivity contribution in [2.24, 2.45) is 0 Å². The summed E-state index contributed by atoms with van der Waals surface area (Å²) >= 11 is 1.68. The molecule has 0 aliphatic rings. The van der Waals surface area contributed by atoms with E-state index < -0.39 is 0 Å². The van der Waals surface area contributed by atoms with Crippen molar-refractivity contribution in [3.63, 3.8) is 0 Å². The van der Waals surface area contributed by atoms with E-state index in [-0.39, 0.29) is 0 Å². The Morgan fingerprint density at radius 3 is 2.70 bits per heavy atom. The molecule has 0 aliphatic heterocycles. The lowest BCUT2D eigenvalue weighted by atomic mass is 9.95. The molecule has 0 aromatic carbocycles. The third kappa shape index (κ3) is 1.54. The zero-order valence-electron chi connectivity index (χ0n) is 6.51. The maximum atomic E-state index is 4.35. The second-order valence-electron chi connectivity index (χ2n) is 2.26. The van der Waals surface area contributed by atoms with Gasteiger partial charge in [-0.3, -0.25) is 0 Å². The molecule has 1 heterocycles. The zero-order chi connectivity index (χ0) is 7.56. The molecular formula is C7H10BNS. The number of rotatable bonds is 1. The average Bonchev–Trinajstić information content (AvgIpc) is 1.95. The first kappa shape index (κ1) is 7.67. The summed E-state index contributed by atoms with van der Waals surface area (Å²) < 4.78 is 0. The molecule has 52 valence electrons. The van der Waals surface area contributed by atoms with Gasteiger partial charge >= 0.3 is 0 Å². The van der Waals surface area contributed by atoms with E-state index >= 15 is 0 Å². The van der Waals surface area contributed by atoms with Gasteiger partial charge in [-0.1, -0.05) is 11.5 Å². The van der Waals surface area contributed by atoms with Crippen molar-refractivity contribution in [3.05, 3.63) is 17.8 Å². The van der Waals surface area contributed by atoms with Crippen LogP contribution in [0.1, 0.15) is 5.69 Å². The maximum Gasteiger partial charge on any atom is 0.141 e. The zero-order valence-corrected chi connectivity index (χ0v) is 7.33. The molecule has 1 nitrogen and oxygen atoms in total. The highest BCUT2D eigenvalue weighted by atomic mass is 32.2. The second-order valence-corrected chi connectivity index (χ2v) is 3.08. The van der Waals surface area contributed by atoms with Crippen LogP contribution in [0.3, 0.4) is 0 Å². The van der Waals surface area contributed by atoms with Gasteiger partial charge in [0.2, 0.25) is 0 Å². The third-order valence-electron chi connectivity index (χ3n) is 1.53. The van der Waals surface area contributed by atoms with Crippen LogP contribution in [0.5, 0.6) is 0 Å². The van der Waals surface area contributed by atoms with E-state index in [2.05, 4.69) is 18.9 Å². The van der Waals surface area contributed by atoms with Gasteiger partial charge in [0.15, 0.2) is 0 Å². The van der Waals surface area contributed by atoms with Crippen LogP contribution in [0.4, 0.5) is 0 Å².